The van der Waals surface area contributed by atoms with Crippen molar-refractivity contribution in [3.63, 3.8) is 0 Å². The first-order valence-electron chi connectivity index (χ1n) is 13.2. The van der Waals surface area contributed by atoms with Gasteiger partial charge >= 0.3 is 0 Å². The van der Waals surface area contributed by atoms with E-state index >= 15 is 0 Å². The molecule has 194 valence electrons. The molecule has 6 nitrogen and oxygen atoms in total. The largest absolute Gasteiger partial charge is 0.361 e. The second-order valence-electron chi connectivity index (χ2n) is 9.37. The zero-order chi connectivity index (χ0) is 27.3. The zero-order valence-electron chi connectivity index (χ0n) is 22.1. The van der Waals surface area contributed by atoms with Crippen LogP contribution in [0.4, 0.5) is 34.1 Å². The summed E-state index contributed by atoms with van der Waals surface area (Å²) in [7, 11) is 0. The van der Waals surface area contributed by atoms with Crippen LogP contribution >= 0.6 is 0 Å². The van der Waals surface area contributed by atoms with Crippen molar-refractivity contribution in [1.82, 2.24) is 0 Å². The maximum Gasteiger partial charge on any atom is 0.123 e. The van der Waals surface area contributed by atoms with Crippen LogP contribution in [0.2, 0.25) is 0 Å². The van der Waals surface area contributed by atoms with E-state index in [1.165, 1.54) is 0 Å². The summed E-state index contributed by atoms with van der Waals surface area (Å²) in [4.78, 5) is 0. The average molecular weight is 521 g/mol. The molecule has 1 unspecified atom stereocenters. The van der Waals surface area contributed by atoms with Crippen LogP contribution in [0, 0.1) is 0 Å². The fraction of sp³-hybridized carbons (Fsp3) is 0.0588. The van der Waals surface area contributed by atoms with Crippen LogP contribution in [-0.4, -0.2) is 6.17 Å². The second-order valence-corrected chi connectivity index (χ2v) is 9.37. The zero-order valence-corrected chi connectivity index (χ0v) is 22.1. The third kappa shape index (κ3) is 4.90. The normalized spacial score (nSPS) is 15.2. The van der Waals surface area contributed by atoms with Crippen LogP contribution < -0.4 is 10.6 Å². The van der Waals surface area contributed by atoms with Gasteiger partial charge in [-0.05, 0) is 55.0 Å². The maximum absolute atomic E-state index is 4.71. The number of allylic oxidation sites excluding steroid dienone is 3. The lowest BCUT2D eigenvalue weighted by molar-refractivity contribution is 0.961. The Balaban J connectivity index is 1.34. The molecule has 0 amide bonds. The molecule has 0 spiro atoms. The summed E-state index contributed by atoms with van der Waals surface area (Å²) >= 11 is 0. The van der Waals surface area contributed by atoms with Gasteiger partial charge in [-0.3, -0.25) is 0 Å². The van der Waals surface area contributed by atoms with Crippen molar-refractivity contribution in [2.45, 2.75) is 13.1 Å². The Labute approximate surface area is 233 Å². The minimum absolute atomic E-state index is 0.0660. The number of hydrogen-bond acceptors (Lipinski definition) is 6. The summed E-state index contributed by atoms with van der Waals surface area (Å²) in [5.74, 6) is 0. The van der Waals surface area contributed by atoms with Gasteiger partial charge in [-0.1, -0.05) is 85.5 Å². The lowest BCUT2D eigenvalue weighted by Gasteiger charge is -2.30. The number of fused-ring (bicyclic) bond motifs is 1. The minimum Gasteiger partial charge on any atom is -0.361 e. The molecule has 2 N–H and O–H groups in total. The standard InChI is InChI=1S/C34H28N6/c1-3-11-23(12-4-2)34-35-31-18-10-17-27-30(21-22-32(36-34)33(27)31)40-39-29-20-19-28(25-15-8-9-16-26(25)29)38-37-24-13-6-5-7-14-24/h3-22,34-36H,1H2,2H3/b12-4-,23-11+,38-37+,40-39+. The summed E-state index contributed by atoms with van der Waals surface area (Å²) in [6.45, 7) is 5.88. The van der Waals surface area contributed by atoms with E-state index in [-0.39, 0.29) is 6.17 Å². The van der Waals surface area contributed by atoms with E-state index in [0.717, 1.165) is 61.2 Å². The third-order valence-electron chi connectivity index (χ3n) is 6.79. The van der Waals surface area contributed by atoms with E-state index in [4.69, 9.17) is 10.2 Å². The SMILES string of the molecule is C=C/C=C(\C=C/C)C1Nc2cccc3c(/N=N/c4ccc(/N=N/c5ccccc5)c5ccccc45)ccc(c23)N1. The van der Waals surface area contributed by atoms with Crippen molar-refractivity contribution in [3.8, 4) is 0 Å². The molecule has 1 aliphatic heterocycles. The Morgan fingerprint density at radius 1 is 0.650 bits per heavy atom. The Morgan fingerprint density at radius 3 is 1.90 bits per heavy atom. The topological polar surface area (TPSA) is 73.5 Å². The Hall–Kier alpha value is -5.36. The van der Waals surface area contributed by atoms with Gasteiger partial charge in [-0.15, -0.1) is 15.3 Å². The molecule has 6 rings (SSSR count). The van der Waals surface area contributed by atoms with Gasteiger partial charge in [0, 0.05) is 32.9 Å². The molecule has 1 atom stereocenters. The highest BCUT2D eigenvalue weighted by Crippen LogP contribution is 2.42. The molecule has 0 saturated heterocycles. The maximum atomic E-state index is 4.71. The summed E-state index contributed by atoms with van der Waals surface area (Å²) in [6, 6.07) is 32.0. The fourth-order valence-corrected chi connectivity index (χ4v) is 4.97. The van der Waals surface area contributed by atoms with Gasteiger partial charge in [0.2, 0.25) is 0 Å². The minimum atomic E-state index is -0.0660. The molecule has 0 fully saturated rings. The predicted molar refractivity (Wildman–Crippen MR) is 167 cm³/mol. The van der Waals surface area contributed by atoms with E-state index in [1.807, 2.05) is 97.9 Å². The van der Waals surface area contributed by atoms with Gasteiger partial charge in [-0.2, -0.15) is 5.11 Å². The highest BCUT2D eigenvalue weighted by molar-refractivity contribution is 6.09. The molecule has 6 heteroatoms. The van der Waals surface area contributed by atoms with Crippen molar-refractivity contribution >= 4 is 55.7 Å². The number of hydrogen-bond donors (Lipinski definition) is 2. The van der Waals surface area contributed by atoms with Crippen molar-refractivity contribution in [1.29, 1.82) is 0 Å². The summed E-state index contributed by atoms with van der Waals surface area (Å²) < 4.78 is 0. The van der Waals surface area contributed by atoms with Crippen LogP contribution in [0.15, 0.2) is 154 Å². The van der Waals surface area contributed by atoms with E-state index in [0.29, 0.717) is 0 Å². The third-order valence-corrected chi connectivity index (χ3v) is 6.79. The lowest BCUT2D eigenvalue weighted by Crippen LogP contribution is -2.33. The van der Waals surface area contributed by atoms with Crippen molar-refractivity contribution < 1.29 is 0 Å². The van der Waals surface area contributed by atoms with Crippen LogP contribution in [0.25, 0.3) is 21.5 Å². The van der Waals surface area contributed by atoms with Gasteiger partial charge in [-0.25, -0.2) is 0 Å². The van der Waals surface area contributed by atoms with Crippen molar-refractivity contribution in [3.05, 3.63) is 134 Å². The molecular formula is C34H28N6. The molecule has 0 bridgehead atoms. The van der Waals surface area contributed by atoms with Crippen LogP contribution in [0.3, 0.4) is 0 Å². The fourth-order valence-electron chi connectivity index (χ4n) is 4.97. The van der Waals surface area contributed by atoms with Crippen molar-refractivity contribution in [2.24, 2.45) is 20.5 Å². The number of benzene rings is 5. The van der Waals surface area contributed by atoms with E-state index in [9.17, 15) is 0 Å². The van der Waals surface area contributed by atoms with Crippen LogP contribution in [0.5, 0.6) is 0 Å². The lowest BCUT2D eigenvalue weighted by atomic mass is 10.0. The highest BCUT2D eigenvalue weighted by Gasteiger charge is 2.21. The number of anilines is 2. The molecule has 0 radical (unpaired) electrons. The first kappa shape index (κ1) is 24.9. The average Bonchev–Trinajstić information content (AvgIpc) is 3.00. The van der Waals surface area contributed by atoms with Gasteiger partial charge in [0.1, 0.15) is 6.17 Å². The molecule has 1 heterocycles. The van der Waals surface area contributed by atoms with Crippen LogP contribution in [-0.2, 0) is 0 Å². The Bertz CT molecular complexity index is 1820. The molecule has 5 aromatic carbocycles. The Kier molecular flexibility index (Phi) is 6.97. The van der Waals surface area contributed by atoms with E-state index < -0.39 is 0 Å². The Morgan fingerprint density at radius 2 is 1.23 bits per heavy atom. The van der Waals surface area contributed by atoms with Gasteiger partial charge < -0.3 is 10.6 Å². The summed E-state index contributed by atoms with van der Waals surface area (Å²) in [6.07, 6.45) is 7.86. The molecule has 0 aromatic heterocycles. The molecular weight excluding hydrogens is 492 g/mol. The second kappa shape index (κ2) is 11.2. The predicted octanol–water partition coefficient (Wildman–Crippen LogP) is 10.7. The summed E-state index contributed by atoms with van der Waals surface area (Å²) in [5, 5.41) is 29.6. The number of rotatable bonds is 7. The first-order valence-corrected chi connectivity index (χ1v) is 13.2. The van der Waals surface area contributed by atoms with E-state index in [2.05, 4.69) is 51.7 Å². The van der Waals surface area contributed by atoms with Gasteiger partial charge in [0.15, 0.2) is 0 Å². The number of nitrogens with zero attached hydrogens (tertiary/aromatic N) is 4. The van der Waals surface area contributed by atoms with E-state index in [1.54, 1.807) is 6.08 Å². The highest BCUT2D eigenvalue weighted by atomic mass is 15.2. The molecule has 40 heavy (non-hydrogen) atoms. The quantitative estimate of drug-likeness (QED) is 0.165. The van der Waals surface area contributed by atoms with Crippen LogP contribution in [0.1, 0.15) is 6.92 Å². The molecule has 1 aliphatic rings. The number of nitrogens with one attached hydrogen (secondary N) is 2. The molecule has 0 aliphatic carbocycles. The number of azo groups is 2. The first-order chi connectivity index (χ1) is 19.7. The molecule has 5 aromatic rings. The smallest absolute Gasteiger partial charge is 0.123 e. The van der Waals surface area contributed by atoms with Crippen molar-refractivity contribution in [2.75, 3.05) is 10.6 Å². The van der Waals surface area contributed by atoms with Gasteiger partial charge in [0.05, 0.1) is 22.7 Å². The molecule has 0 saturated carbocycles. The van der Waals surface area contributed by atoms with Gasteiger partial charge in [0.25, 0.3) is 0 Å². The monoisotopic (exact) mass is 520 g/mol. The summed E-state index contributed by atoms with van der Waals surface area (Å²) in [5.41, 5.74) is 6.37.